The Morgan fingerprint density at radius 1 is 1.25 bits per heavy atom. The molecule has 0 aliphatic heterocycles. The molecule has 104 valence electrons. The van der Waals surface area contributed by atoms with Crippen LogP contribution in [-0.4, -0.2) is 12.4 Å². The minimum Gasteiger partial charge on any atom is -0.494 e. The topological polar surface area (TPSA) is 26.3 Å². The van der Waals surface area contributed by atoms with Gasteiger partial charge in [0.1, 0.15) is 11.6 Å². The second kappa shape index (κ2) is 6.66. The van der Waals surface area contributed by atoms with Gasteiger partial charge in [-0.15, -0.1) is 0 Å². The van der Waals surface area contributed by atoms with Crippen LogP contribution in [0.5, 0.6) is 5.75 Å². The molecule has 2 nitrogen and oxygen atoms in total. The zero-order valence-corrected chi connectivity index (χ0v) is 12.6. The lowest BCUT2D eigenvalue weighted by Gasteiger charge is -2.07. The van der Waals surface area contributed by atoms with E-state index < -0.39 is 5.82 Å². The zero-order chi connectivity index (χ0) is 14.5. The Morgan fingerprint density at radius 2 is 2.00 bits per heavy atom. The van der Waals surface area contributed by atoms with Gasteiger partial charge in [0.15, 0.2) is 5.78 Å². The van der Waals surface area contributed by atoms with Gasteiger partial charge in [0.2, 0.25) is 0 Å². The van der Waals surface area contributed by atoms with Crippen molar-refractivity contribution in [3.63, 3.8) is 0 Å². The van der Waals surface area contributed by atoms with E-state index in [0.717, 1.165) is 6.42 Å². The van der Waals surface area contributed by atoms with Crippen LogP contribution in [0.3, 0.4) is 0 Å². The minimum absolute atomic E-state index is 0.0482. The normalized spacial score (nSPS) is 10.3. The maximum absolute atomic E-state index is 13.9. The highest BCUT2D eigenvalue weighted by Gasteiger charge is 2.16. The molecule has 0 spiro atoms. The summed E-state index contributed by atoms with van der Waals surface area (Å²) < 4.78 is 19.7. The molecule has 0 unspecified atom stereocenters. The van der Waals surface area contributed by atoms with Gasteiger partial charge in [0.05, 0.1) is 16.6 Å². The molecule has 0 aromatic heterocycles. The van der Waals surface area contributed by atoms with E-state index in [9.17, 15) is 9.18 Å². The molecule has 0 saturated carbocycles. The Hall–Kier alpha value is -1.68. The molecule has 0 bridgehead atoms. The van der Waals surface area contributed by atoms with Crippen LogP contribution in [0.1, 0.15) is 29.3 Å². The van der Waals surface area contributed by atoms with E-state index in [-0.39, 0.29) is 15.8 Å². The molecular formula is C16H14BrFO2. The average Bonchev–Trinajstić information content (AvgIpc) is 2.47. The third kappa shape index (κ3) is 3.25. The monoisotopic (exact) mass is 336 g/mol. The van der Waals surface area contributed by atoms with Gasteiger partial charge in [-0.05, 0) is 46.6 Å². The van der Waals surface area contributed by atoms with Crippen LogP contribution in [0.25, 0.3) is 0 Å². The highest BCUT2D eigenvalue weighted by Crippen LogP contribution is 2.22. The summed E-state index contributed by atoms with van der Waals surface area (Å²) in [5.74, 6) is -0.281. The van der Waals surface area contributed by atoms with Gasteiger partial charge in [-0.3, -0.25) is 4.79 Å². The van der Waals surface area contributed by atoms with E-state index in [4.69, 9.17) is 4.74 Å². The van der Waals surface area contributed by atoms with Crippen molar-refractivity contribution in [2.24, 2.45) is 0 Å². The van der Waals surface area contributed by atoms with E-state index in [1.165, 1.54) is 6.07 Å². The molecule has 4 heteroatoms. The second-order valence-corrected chi connectivity index (χ2v) is 5.16. The number of benzene rings is 2. The third-order valence-corrected chi connectivity index (χ3v) is 3.38. The molecule has 2 rings (SSSR count). The van der Waals surface area contributed by atoms with Crippen molar-refractivity contribution in [1.82, 2.24) is 0 Å². The van der Waals surface area contributed by atoms with E-state index in [1.807, 2.05) is 6.92 Å². The van der Waals surface area contributed by atoms with Gasteiger partial charge < -0.3 is 4.74 Å². The summed E-state index contributed by atoms with van der Waals surface area (Å²) in [6, 6.07) is 11.5. The molecule has 0 N–H and O–H groups in total. The first-order valence-corrected chi connectivity index (χ1v) is 7.14. The van der Waals surface area contributed by atoms with Crippen molar-refractivity contribution < 1.29 is 13.9 Å². The molecule has 0 atom stereocenters. The van der Waals surface area contributed by atoms with E-state index in [0.29, 0.717) is 17.9 Å². The van der Waals surface area contributed by atoms with Gasteiger partial charge >= 0.3 is 0 Å². The first-order chi connectivity index (χ1) is 9.63. The molecule has 0 heterocycles. The number of hydrogen-bond acceptors (Lipinski definition) is 2. The standard InChI is InChI=1S/C16H14BrFO2/c1-2-9-20-12-6-3-5-11(10-12)16(19)13-7-4-8-14(17)15(13)18/h3-8,10H,2,9H2,1H3. The Balaban J connectivity index is 2.31. The number of halogens is 2. The van der Waals surface area contributed by atoms with Gasteiger partial charge in [0.25, 0.3) is 0 Å². The van der Waals surface area contributed by atoms with E-state index in [2.05, 4.69) is 15.9 Å². The molecule has 0 amide bonds. The van der Waals surface area contributed by atoms with Gasteiger partial charge in [-0.2, -0.15) is 0 Å². The summed E-state index contributed by atoms with van der Waals surface area (Å²) >= 11 is 3.08. The summed E-state index contributed by atoms with van der Waals surface area (Å²) in [7, 11) is 0. The lowest BCUT2D eigenvalue weighted by Crippen LogP contribution is -2.05. The smallest absolute Gasteiger partial charge is 0.196 e. The number of carbonyl (C=O) groups excluding carboxylic acids is 1. The Bertz CT molecular complexity index is 626. The Kier molecular flexibility index (Phi) is 4.90. The predicted octanol–water partition coefficient (Wildman–Crippen LogP) is 4.61. The number of ether oxygens (including phenoxy) is 1. The van der Waals surface area contributed by atoms with Crippen LogP contribution < -0.4 is 4.74 Å². The molecule has 0 aliphatic rings. The summed E-state index contributed by atoms with van der Waals surface area (Å²) in [6.07, 6.45) is 0.887. The molecule has 2 aromatic rings. The SMILES string of the molecule is CCCOc1cccc(C(=O)c2cccc(Br)c2F)c1. The van der Waals surface area contributed by atoms with Crippen molar-refractivity contribution in [2.75, 3.05) is 6.61 Å². The maximum Gasteiger partial charge on any atom is 0.196 e. The van der Waals surface area contributed by atoms with Crippen molar-refractivity contribution >= 4 is 21.7 Å². The number of carbonyl (C=O) groups is 1. The fourth-order valence-electron chi connectivity index (χ4n) is 1.78. The largest absolute Gasteiger partial charge is 0.494 e. The fourth-order valence-corrected chi connectivity index (χ4v) is 2.15. The molecular weight excluding hydrogens is 323 g/mol. The van der Waals surface area contributed by atoms with Crippen LogP contribution in [0.2, 0.25) is 0 Å². The summed E-state index contributed by atoms with van der Waals surface area (Å²) in [6.45, 7) is 2.59. The Morgan fingerprint density at radius 3 is 2.75 bits per heavy atom. The van der Waals surface area contributed by atoms with Crippen LogP contribution in [0.15, 0.2) is 46.9 Å². The summed E-state index contributed by atoms with van der Waals surface area (Å²) in [4.78, 5) is 12.3. The van der Waals surface area contributed by atoms with Gasteiger partial charge in [0, 0.05) is 5.56 Å². The van der Waals surface area contributed by atoms with Crippen molar-refractivity contribution in [1.29, 1.82) is 0 Å². The molecule has 2 aromatic carbocycles. The van der Waals surface area contributed by atoms with Crippen LogP contribution in [0, 0.1) is 5.82 Å². The van der Waals surface area contributed by atoms with E-state index >= 15 is 0 Å². The molecule has 20 heavy (non-hydrogen) atoms. The Labute approximate surface area is 125 Å². The maximum atomic E-state index is 13.9. The predicted molar refractivity (Wildman–Crippen MR) is 79.8 cm³/mol. The number of ketones is 1. The lowest BCUT2D eigenvalue weighted by molar-refractivity contribution is 0.103. The summed E-state index contributed by atoms with van der Waals surface area (Å²) in [5.41, 5.74) is 0.461. The molecule has 0 radical (unpaired) electrons. The first kappa shape index (κ1) is 14.7. The third-order valence-electron chi connectivity index (χ3n) is 2.77. The van der Waals surface area contributed by atoms with Crippen LogP contribution in [-0.2, 0) is 0 Å². The lowest BCUT2D eigenvalue weighted by atomic mass is 10.0. The van der Waals surface area contributed by atoms with Crippen molar-refractivity contribution in [2.45, 2.75) is 13.3 Å². The molecule has 0 aliphatic carbocycles. The van der Waals surface area contributed by atoms with E-state index in [1.54, 1.807) is 36.4 Å². The zero-order valence-electron chi connectivity index (χ0n) is 11.0. The van der Waals surface area contributed by atoms with Crippen LogP contribution >= 0.6 is 15.9 Å². The second-order valence-electron chi connectivity index (χ2n) is 4.31. The van der Waals surface area contributed by atoms with Crippen molar-refractivity contribution in [3.05, 3.63) is 63.9 Å². The highest BCUT2D eigenvalue weighted by molar-refractivity contribution is 9.10. The quantitative estimate of drug-likeness (QED) is 0.745. The van der Waals surface area contributed by atoms with Gasteiger partial charge in [-0.1, -0.05) is 25.1 Å². The first-order valence-electron chi connectivity index (χ1n) is 6.35. The fraction of sp³-hybridized carbons (Fsp3) is 0.188. The average molecular weight is 337 g/mol. The summed E-state index contributed by atoms with van der Waals surface area (Å²) in [5, 5.41) is 0. The number of rotatable bonds is 5. The number of hydrogen-bond donors (Lipinski definition) is 0. The molecule has 0 saturated heterocycles. The van der Waals surface area contributed by atoms with Gasteiger partial charge in [-0.25, -0.2) is 4.39 Å². The minimum atomic E-state index is -0.544. The highest BCUT2D eigenvalue weighted by atomic mass is 79.9. The molecule has 0 fully saturated rings. The van der Waals surface area contributed by atoms with Crippen LogP contribution in [0.4, 0.5) is 4.39 Å². The van der Waals surface area contributed by atoms with Crippen molar-refractivity contribution in [3.8, 4) is 5.75 Å².